The topological polar surface area (TPSA) is 96.8 Å². The minimum Gasteiger partial charge on any atom is -0.492 e. The average molecular weight is 562 g/mol. The van der Waals surface area contributed by atoms with E-state index in [1.54, 1.807) is 27.9 Å². The van der Waals surface area contributed by atoms with Crippen LogP contribution < -0.4 is 10.1 Å². The van der Waals surface area contributed by atoms with Crippen molar-refractivity contribution in [2.45, 2.75) is 49.7 Å². The van der Waals surface area contributed by atoms with E-state index in [1.165, 1.54) is 4.90 Å². The molecule has 2 fully saturated rings. The fraction of sp³-hybridized carbons (Fsp3) is 0.400. The van der Waals surface area contributed by atoms with E-state index < -0.39 is 29.8 Å². The number of nitrogens with zero attached hydrogens (tertiary/aromatic N) is 4. The van der Waals surface area contributed by atoms with Crippen molar-refractivity contribution in [2.75, 3.05) is 19.7 Å². The van der Waals surface area contributed by atoms with Gasteiger partial charge >= 0.3 is 0 Å². The Morgan fingerprint density at radius 2 is 2.00 bits per heavy atom. The molecule has 1 aromatic heterocycles. The van der Waals surface area contributed by atoms with Gasteiger partial charge in [0.1, 0.15) is 18.4 Å². The minimum absolute atomic E-state index is 0.0880. The summed E-state index contributed by atoms with van der Waals surface area (Å²) in [6, 6.07) is 10.3. The van der Waals surface area contributed by atoms with Crippen LogP contribution in [-0.2, 0) is 35.1 Å². The lowest BCUT2D eigenvalue weighted by Crippen LogP contribution is -2.58. The monoisotopic (exact) mass is 561 g/mol. The molecule has 7 rings (SSSR count). The van der Waals surface area contributed by atoms with Crippen molar-refractivity contribution in [3.63, 3.8) is 0 Å². The molecule has 9 nitrogen and oxygen atoms in total. The molecule has 0 aliphatic carbocycles. The number of likely N-dealkylation sites (tertiary alicyclic amines) is 1. The number of carbonyl (C=O) groups excluding carboxylic acids is 3. The fourth-order valence-electron chi connectivity index (χ4n) is 6.79. The molecular weight excluding hydrogens is 532 g/mol. The summed E-state index contributed by atoms with van der Waals surface area (Å²) in [6.07, 6.45) is 4.29. The summed E-state index contributed by atoms with van der Waals surface area (Å²) in [5, 5.41) is 6.51. The van der Waals surface area contributed by atoms with Gasteiger partial charge in [0.25, 0.3) is 11.8 Å². The Balaban J connectivity index is 1.11. The Kier molecular flexibility index (Phi) is 5.79. The van der Waals surface area contributed by atoms with Gasteiger partial charge in [0.05, 0.1) is 24.7 Å². The molecule has 41 heavy (non-hydrogen) atoms. The lowest BCUT2D eigenvalue weighted by Gasteiger charge is -2.44. The number of fused-ring (bicyclic) bond motifs is 4. The number of piperidine rings is 2. The number of ether oxygens (including phenoxy) is 1. The second kappa shape index (κ2) is 9.20. The number of hydrogen-bond donors (Lipinski definition) is 1. The van der Waals surface area contributed by atoms with E-state index in [-0.39, 0.29) is 44.2 Å². The molecule has 2 atom stereocenters. The van der Waals surface area contributed by atoms with Gasteiger partial charge in [-0.25, -0.2) is 8.78 Å². The maximum Gasteiger partial charge on any atom is 0.273 e. The van der Waals surface area contributed by atoms with Crippen molar-refractivity contribution in [1.82, 2.24) is 24.9 Å². The number of imide groups is 1. The van der Waals surface area contributed by atoms with Gasteiger partial charge in [0, 0.05) is 48.5 Å². The summed E-state index contributed by atoms with van der Waals surface area (Å²) < 4.78 is 40.0. The summed E-state index contributed by atoms with van der Waals surface area (Å²) >= 11 is 0. The van der Waals surface area contributed by atoms with E-state index in [0.29, 0.717) is 35.5 Å². The van der Waals surface area contributed by atoms with Gasteiger partial charge in [-0.05, 0) is 42.6 Å². The van der Waals surface area contributed by atoms with Crippen LogP contribution in [0.3, 0.4) is 0 Å². The third-order valence-corrected chi connectivity index (χ3v) is 8.99. The van der Waals surface area contributed by atoms with E-state index in [2.05, 4.69) is 10.4 Å². The molecule has 2 aromatic carbocycles. The van der Waals surface area contributed by atoms with E-state index in [9.17, 15) is 14.4 Å². The molecule has 1 unspecified atom stereocenters. The number of aryl methyl sites for hydroxylation is 1. The van der Waals surface area contributed by atoms with Crippen molar-refractivity contribution in [2.24, 2.45) is 7.05 Å². The number of carbonyl (C=O) groups is 3. The quantitative estimate of drug-likeness (QED) is 0.492. The number of alkyl halides is 2. The predicted octanol–water partition coefficient (Wildman–Crippen LogP) is 3.02. The molecule has 212 valence electrons. The number of rotatable bonds is 4. The highest BCUT2D eigenvalue weighted by molar-refractivity contribution is 6.05. The first kappa shape index (κ1) is 25.8. The Bertz CT molecular complexity index is 1600. The van der Waals surface area contributed by atoms with Gasteiger partial charge in [-0.3, -0.25) is 29.3 Å². The highest BCUT2D eigenvalue weighted by Crippen LogP contribution is 2.55. The molecule has 11 heteroatoms. The van der Waals surface area contributed by atoms with Crippen LogP contribution in [0, 0.1) is 0 Å². The van der Waals surface area contributed by atoms with Crippen molar-refractivity contribution in [1.29, 1.82) is 0 Å². The summed E-state index contributed by atoms with van der Waals surface area (Å²) in [7, 11) is 1.85. The van der Waals surface area contributed by atoms with Gasteiger partial charge < -0.3 is 9.64 Å². The Morgan fingerprint density at radius 1 is 1.15 bits per heavy atom. The smallest absolute Gasteiger partial charge is 0.273 e. The largest absolute Gasteiger partial charge is 0.492 e. The van der Waals surface area contributed by atoms with Crippen molar-refractivity contribution in [3.8, 4) is 16.9 Å². The fourth-order valence-corrected chi connectivity index (χ4v) is 6.79. The van der Waals surface area contributed by atoms with Crippen LogP contribution in [0.25, 0.3) is 11.1 Å². The normalized spacial score (nSPS) is 25.3. The van der Waals surface area contributed by atoms with Crippen molar-refractivity contribution >= 4 is 17.7 Å². The first-order chi connectivity index (χ1) is 19.6. The van der Waals surface area contributed by atoms with Gasteiger partial charge in [0.2, 0.25) is 11.8 Å². The Morgan fingerprint density at radius 3 is 2.76 bits per heavy atom. The molecule has 0 saturated carbocycles. The van der Waals surface area contributed by atoms with Crippen molar-refractivity contribution in [3.05, 3.63) is 71.0 Å². The standard InChI is InChI=1S/C30H29F2N5O4/c1-35-14-20(12-33-35)19-4-2-3-18(11-19)13-36-10-9-29(30(31,32)16-36)17-41-26-22-15-37(24-7-8-25(38)34-27(24)39)28(40)21(22)5-6-23(26)29/h2-6,11-12,14,24H,7-10,13,15-17H2,1H3,(H,34,38,39)/t24-,29?/m0/s1. The number of hydrogen-bond acceptors (Lipinski definition) is 6. The average Bonchev–Trinajstić information content (AvgIpc) is 3.63. The number of aromatic nitrogens is 2. The molecule has 1 spiro atoms. The second-order valence-corrected chi connectivity index (χ2v) is 11.5. The third kappa shape index (κ3) is 4.05. The predicted molar refractivity (Wildman–Crippen MR) is 143 cm³/mol. The van der Waals surface area contributed by atoms with Crippen molar-refractivity contribution < 1.29 is 27.9 Å². The molecule has 3 amide bonds. The molecule has 2 saturated heterocycles. The maximum atomic E-state index is 16.1. The van der Waals surface area contributed by atoms with Crippen LogP contribution >= 0.6 is 0 Å². The van der Waals surface area contributed by atoms with E-state index in [4.69, 9.17) is 4.74 Å². The van der Waals surface area contributed by atoms with Gasteiger partial charge in [-0.15, -0.1) is 0 Å². The van der Waals surface area contributed by atoms with Gasteiger partial charge in [-0.2, -0.15) is 5.10 Å². The number of halogens is 2. The Labute approximate surface area is 235 Å². The maximum absolute atomic E-state index is 16.1. The van der Waals surface area contributed by atoms with E-state index in [1.807, 2.05) is 37.5 Å². The molecule has 5 heterocycles. The van der Waals surface area contributed by atoms with Gasteiger partial charge in [0.15, 0.2) is 0 Å². The highest BCUT2D eigenvalue weighted by Gasteiger charge is 2.62. The molecule has 1 N–H and O–H groups in total. The molecular formula is C30H29F2N5O4. The first-order valence-corrected chi connectivity index (χ1v) is 13.8. The lowest BCUT2D eigenvalue weighted by molar-refractivity contribution is -0.137. The zero-order valence-electron chi connectivity index (χ0n) is 22.5. The number of nitrogens with one attached hydrogen (secondary N) is 1. The zero-order chi connectivity index (χ0) is 28.5. The minimum atomic E-state index is -3.07. The Hall–Kier alpha value is -4.12. The molecule has 3 aromatic rings. The summed E-state index contributed by atoms with van der Waals surface area (Å²) in [5.74, 6) is -3.96. The van der Waals surface area contributed by atoms with Crippen LogP contribution in [0.4, 0.5) is 8.78 Å². The SMILES string of the molecule is Cn1cc(-c2cccc(CN3CCC4(COc5c4ccc4c5CN([C@H]5CCC(=O)NC5=O)C4=O)C(F)(F)C3)c2)cn1. The molecule has 0 radical (unpaired) electrons. The van der Waals surface area contributed by atoms with Crippen LogP contribution in [0.15, 0.2) is 48.8 Å². The summed E-state index contributed by atoms with van der Waals surface area (Å²) in [5.41, 5.74) is 2.75. The molecule has 4 aliphatic rings. The molecule has 0 bridgehead atoms. The van der Waals surface area contributed by atoms with Crippen LogP contribution in [0.5, 0.6) is 5.75 Å². The van der Waals surface area contributed by atoms with Gasteiger partial charge in [-0.1, -0.05) is 24.3 Å². The number of benzene rings is 2. The highest BCUT2D eigenvalue weighted by atomic mass is 19.3. The van der Waals surface area contributed by atoms with Crippen LogP contribution in [0.2, 0.25) is 0 Å². The first-order valence-electron chi connectivity index (χ1n) is 13.8. The zero-order valence-corrected chi connectivity index (χ0v) is 22.5. The summed E-state index contributed by atoms with van der Waals surface area (Å²) in [6.45, 7) is 0.375. The molecule has 4 aliphatic heterocycles. The lowest BCUT2D eigenvalue weighted by atomic mass is 9.71. The third-order valence-electron chi connectivity index (χ3n) is 8.99. The van der Waals surface area contributed by atoms with E-state index in [0.717, 1.165) is 16.7 Å². The van der Waals surface area contributed by atoms with Crippen LogP contribution in [-0.4, -0.2) is 69.0 Å². The number of amides is 3. The second-order valence-electron chi connectivity index (χ2n) is 11.5. The summed E-state index contributed by atoms with van der Waals surface area (Å²) in [4.78, 5) is 40.4. The van der Waals surface area contributed by atoms with E-state index >= 15 is 8.78 Å². The van der Waals surface area contributed by atoms with Crippen LogP contribution in [0.1, 0.15) is 46.3 Å².